The van der Waals surface area contributed by atoms with E-state index in [0.29, 0.717) is 0 Å². The Morgan fingerprint density at radius 2 is 1.05 bits per heavy atom. The van der Waals surface area contributed by atoms with Crippen LogP contribution >= 0.6 is 0 Å². The Morgan fingerprint density at radius 3 is 1.45 bits per heavy atom. The number of hydrogen-bond acceptors (Lipinski definition) is 0. The van der Waals surface area contributed by atoms with Crippen molar-refractivity contribution in [2.75, 3.05) is 19.6 Å². The van der Waals surface area contributed by atoms with Gasteiger partial charge in [0, 0.05) is 12.8 Å². The summed E-state index contributed by atoms with van der Waals surface area (Å²) in [5.74, 6) is 0. The Bertz CT molecular complexity index is 240. The van der Waals surface area contributed by atoms with Gasteiger partial charge in [-0.1, -0.05) is 71.1 Å². The molecule has 0 spiro atoms. The SMILES string of the molecule is CCCCCCCCCCCCCC[N+]1(C(C)C)CCCC1. The predicted octanol–water partition coefficient (Wildman–Crippen LogP) is 6.71. The summed E-state index contributed by atoms with van der Waals surface area (Å²) in [6, 6.07) is 0.843. The minimum atomic E-state index is 0.843. The standard InChI is InChI=1S/C21H44N/c1-4-5-6-7-8-9-10-11-12-13-14-15-18-22(21(2)3)19-16-17-20-22/h21H,4-20H2,1-3H3/q+1. The van der Waals surface area contributed by atoms with Gasteiger partial charge in [0.25, 0.3) is 0 Å². The lowest BCUT2D eigenvalue weighted by atomic mass is 10.0. The van der Waals surface area contributed by atoms with Gasteiger partial charge < -0.3 is 4.48 Å². The number of rotatable bonds is 14. The minimum Gasteiger partial charge on any atom is -0.322 e. The summed E-state index contributed by atoms with van der Waals surface area (Å²) in [5.41, 5.74) is 0. The van der Waals surface area contributed by atoms with Gasteiger partial charge in [-0.3, -0.25) is 0 Å². The van der Waals surface area contributed by atoms with Crippen LogP contribution in [0.1, 0.15) is 111 Å². The van der Waals surface area contributed by atoms with Crippen molar-refractivity contribution in [2.45, 2.75) is 117 Å². The Morgan fingerprint density at radius 1 is 0.636 bits per heavy atom. The van der Waals surface area contributed by atoms with Crippen molar-refractivity contribution < 1.29 is 4.48 Å². The highest BCUT2D eigenvalue weighted by atomic mass is 15.4. The third-order valence-corrected chi connectivity index (χ3v) is 6.01. The molecule has 0 atom stereocenters. The van der Waals surface area contributed by atoms with Gasteiger partial charge in [0.1, 0.15) is 0 Å². The zero-order chi connectivity index (χ0) is 16.1. The molecular formula is C21H44N+. The smallest absolute Gasteiger partial charge is 0.0833 e. The number of unbranched alkanes of at least 4 members (excludes halogenated alkanes) is 11. The molecule has 0 aromatic carbocycles. The zero-order valence-corrected chi connectivity index (χ0v) is 16.0. The van der Waals surface area contributed by atoms with Crippen LogP contribution < -0.4 is 0 Å². The molecule has 1 rings (SSSR count). The molecule has 1 fully saturated rings. The highest BCUT2D eigenvalue weighted by Gasteiger charge is 2.33. The zero-order valence-electron chi connectivity index (χ0n) is 16.0. The Balaban J connectivity index is 1.87. The van der Waals surface area contributed by atoms with E-state index in [1.165, 1.54) is 114 Å². The van der Waals surface area contributed by atoms with E-state index in [4.69, 9.17) is 0 Å². The first-order valence-electron chi connectivity index (χ1n) is 10.6. The number of likely N-dealkylation sites (tertiary alicyclic amines) is 1. The fourth-order valence-corrected chi connectivity index (χ4v) is 4.23. The normalized spacial score (nSPS) is 17.5. The van der Waals surface area contributed by atoms with Crippen LogP contribution in [-0.2, 0) is 0 Å². The fourth-order valence-electron chi connectivity index (χ4n) is 4.23. The lowest BCUT2D eigenvalue weighted by Crippen LogP contribution is -2.51. The van der Waals surface area contributed by atoms with E-state index < -0.39 is 0 Å². The van der Waals surface area contributed by atoms with Crippen molar-refractivity contribution in [3.05, 3.63) is 0 Å². The predicted molar refractivity (Wildman–Crippen MR) is 100 cm³/mol. The third kappa shape index (κ3) is 7.99. The number of nitrogens with zero attached hydrogens (tertiary/aromatic N) is 1. The van der Waals surface area contributed by atoms with Crippen molar-refractivity contribution in [1.82, 2.24) is 0 Å². The second-order valence-corrected chi connectivity index (χ2v) is 8.08. The van der Waals surface area contributed by atoms with Crippen LogP contribution in [0.4, 0.5) is 0 Å². The van der Waals surface area contributed by atoms with E-state index in [9.17, 15) is 0 Å². The van der Waals surface area contributed by atoms with E-state index in [0.717, 1.165) is 6.04 Å². The van der Waals surface area contributed by atoms with E-state index in [1.54, 1.807) is 0 Å². The molecule has 1 aliphatic heterocycles. The Kier molecular flexibility index (Phi) is 11.3. The van der Waals surface area contributed by atoms with Crippen LogP contribution in [0.3, 0.4) is 0 Å². The lowest BCUT2D eigenvalue weighted by Gasteiger charge is -2.38. The molecule has 1 aliphatic rings. The summed E-state index contributed by atoms with van der Waals surface area (Å²) in [5, 5.41) is 0. The summed E-state index contributed by atoms with van der Waals surface area (Å²) in [4.78, 5) is 0. The van der Waals surface area contributed by atoms with Gasteiger partial charge in [-0.2, -0.15) is 0 Å². The molecule has 132 valence electrons. The van der Waals surface area contributed by atoms with E-state index in [-0.39, 0.29) is 0 Å². The van der Waals surface area contributed by atoms with Crippen LogP contribution in [0.2, 0.25) is 0 Å². The molecule has 1 heterocycles. The van der Waals surface area contributed by atoms with E-state index in [1.807, 2.05) is 0 Å². The summed E-state index contributed by atoms with van der Waals surface area (Å²) < 4.78 is 1.43. The molecule has 0 aromatic heterocycles. The topological polar surface area (TPSA) is 0 Å². The Hall–Kier alpha value is -0.0400. The third-order valence-electron chi connectivity index (χ3n) is 6.01. The monoisotopic (exact) mass is 310 g/mol. The number of quaternary nitrogens is 1. The maximum absolute atomic E-state index is 2.44. The molecular weight excluding hydrogens is 266 g/mol. The maximum atomic E-state index is 2.44. The highest BCUT2D eigenvalue weighted by molar-refractivity contribution is 4.59. The second-order valence-electron chi connectivity index (χ2n) is 8.08. The quantitative estimate of drug-likeness (QED) is 0.247. The van der Waals surface area contributed by atoms with Gasteiger partial charge in [-0.25, -0.2) is 0 Å². The van der Waals surface area contributed by atoms with Gasteiger partial charge in [0.05, 0.1) is 25.7 Å². The van der Waals surface area contributed by atoms with Gasteiger partial charge in [0.15, 0.2) is 0 Å². The van der Waals surface area contributed by atoms with E-state index in [2.05, 4.69) is 20.8 Å². The first kappa shape index (κ1) is 20.0. The molecule has 0 unspecified atom stereocenters. The molecule has 1 nitrogen and oxygen atoms in total. The molecule has 0 N–H and O–H groups in total. The van der Waals surface area contributed by atoms with Crippen LogP contribution in [0.5, 0.6) is 0 Å². The molecule has 0 aromatic rings. The van der Waals surface area contributed by atoms with Gasteiger partial charge >= 0.3 is 0 Å². The van der Waals surface area contributed by atoms with Crippen molar-refractivity contribution >= 4 is 0 Å². The average Bonchev–Trinajstić information content (AvgIpc) is 2.98. The molecule has 0 bridgehead atoms. The Labute approximate surface area is 141 Å². The first-order valence-corrected chi connectivity index (χ1v) is 10.6. The van der Waals surface area contributed by atoms with Crippen LogP contribution in [0, 0.1) is 0 Å². The molecule has 1 saturated heterocycles. The molecule has 0 aliphatic carbocycles. The van der Waals surface area contributed by atoms with Crippen LogP contribution in [0.15, 0.2) is 0 Å². The van der Waals surface area contributed by atoms with Crippen molar-refractivity contribution in [3.63, 3.8) is 0 Å². The summed E-state index contributed by atoms with van der Waals surface area (Å²) >= 11 is 0. The second kappa shape index (κ2) is 12.4. The number of hydrogen-bond donors (Lipinski definition) is 0. The van der Waals surface area contributed by atoms with Gasteiger partial charge in [-0.05, 0) is 26.7 Å². The molecule has 0 radical (unpaired) electrons. The van der Waals surface area contributed by atoms with Gasteiger partial charge in [-0.15, -0.1) is 0 Å². The lowest BCUT2D eigenvalue weighted by molar-refractivity contribution is -0.937. The minimum absolute atomic E-state index is 0.843. The summed E-state index contributed by atoms with van der Waals surface area (Å²) in [7, 11) is 0. The van der Waals surface area contributed by atoms with Crippen molar-refractivity contribution in [3.8, 4) is 0 Å². The summed E-state index contributed by atoms with van der Waals surface area (Å²) in [6.07, 6.45) is 20.5. The van der Waals surface area contributed by atoms with Crippen molar-refractivity contribution in [2.24, 2.45) is 0 Å². The molecule has 0 amide bonds. The van der Waals surface area contributed by atoms with Crippen LogP contribution in [-0.4, -0.2) is 30.2 Å². The molecule has 22 heavy (non-hydrogen) atoms. The first-order chi connectivity index (χ1) is 10.7. The van der Waals surface area contributed by atoms with Gasteiger partial charge in [0.2, 0.25) is 0 Å². The fraction of sp³-hybridized carbons (Fsp3) is 1.00. The molecule has 0 saturated carbocycles. The highest BCUT2D eigenvalue weighted by Crippen LogP contribution is 2.25. The van der Waals surface area contributed by atoms with E-state index >= 15 is 0 Å². The largest absolute Gasteiger partial charge is 0.322 e. The van der Waals surface area contributed by atoms with Crippen molar-refractivity contribution in [1.29, 1.82) is 0 Å². The average molecular weight is 311 g/mol. The van der Waals surface area contributed by atoms with Crippen LogP contribution in [0.25, 0.3) is 0 Å². The summed E-state index contributed by atoms with van der Waals surface area (Å²) in [6.45, 7) is 11.5. The molecule has 1 heteroatoms. The maximum Gasteiger partial charge on any atom is 0.0833 e.